The molecule has 2 amide bonds. The summed E-state index contributed by atoms with van der Waals surface area (Å²) >= 11 is 0. The molecule has 21 heavy (non-hydrogen) atoms. The summed E-state index contributed by atoms with van der Waals surface area (Å²) in [4.78, 5) is 23.3. The van der Waals surface area contributed by atoms with Crippen LogP contribution < -0.4 is 11.1 Å². The van der Waals surface area contributed by atoms with Gasteiger partial charge in [-0.3, -0.25) is 9.59 Å². The molecule has 0 saturated heterocycles. The Morgan fingerprint density at radius 3 is 2.29 bits per heavy atom. The van der Waals surface area contributed by atoms with E-state index in [0.717, 1.165) is 38.5 Å². The number of carbonyl (C=O) groups is 2. The second-order valence-electron chi connectivity index (χ2n) is 5.87. The maximum atomic E-state index is 12.2. The number of nitrogens with two attached hydrogens (primary N) is 1. The molecule has 0 aliphatic heterocycles. The summed E-state index contributed by atoms with van der Waals surface area (Å²) in [5.41, 5.74) is 7.28. The Hall–Kier alpha value is -1.84. The van der Waals surface area contributed by atoms with Crippen LogP contribution in [0, 0.1) is 5.92 Å². The third-order valence-corrected chi connectivity index (χ3v) is 4.22. The van der Waals surface area contributed by atoms with Crippen molar-refractivity contribution in [1.29, 1.82) is 0 Å². The minimum absolute atomic E-state index is 0.0218. The van der Waals surface area contributed by atoms with E-state index in [1.807, 2.05) is 24.3 Å². The number of aryl methyl sites for hydroxylation is 1. The zero-order chi connectivity index (χ0) is 15.2. The largest absolute Gasteiger partial charge is 0.369 e. The van der Waals surface area contributed by atoms with Crippen LogP contribution in [0.15, 0.2) is 24.3 Å². The Bertz CT molecular complexity index is 488. The molecular formula is C17H24N2O2. The van der Waals surface area contributed by atoms with Crippen molar-refractivity contribution < 1.29 is 9.59 Å². The van der Waals surface area contributed by atoms with Crippen molar-refractivity contribution in [2.24, 2.45) is 11.7 Å². The Labute approximate surface area is 126 Å². The molecule has 1 aliphatic carbocycles. The zero-order valence-corrected chi connectivity index (χ0v) is 12.6. The summed E-state index contributed by atoms with van der Waals surface area (Å²) in [5, 5.41) is 3.06. The average Bonchev–Trinajstić information content (AvgIpc) is 2.49. The highest BCUT2D eigenvalue weighted by molar-refractivity contribution is 5.94. The van der Waals surface area contributed by atoms with Crippen molar-refractivity contribution >= 4 is 11.8 Å². The molecule has 114 valence electrons. The van der Waals surface area contributed by atoms with Crippen LogP contribution in [0.25, 0.3) is 0 Å². The molecule has 0 spiro atoms. The molecule has 4 nitrogen and oxygen atoms in total. The van der Waals surface area contributed by atoms with Crippen molar-refractivity contribution in [3.63, 3.8) is 0 Å². The van der Waals surface area contributed by atoms with E-state index in [-0.39, 0.29) is 23.8 Å². The Morgan fingerprint density at radius 2 is 1.76 bits per heavy atom. The van der Waals surface area contributed by atoms with Gasteiger partial charge < -0.3 is 11.1 Å². The number of hydrogen-bond donors (Lipinski definition) is 2. The van der Waals surface area contributed by atoms with Crippen LogP contribution in [-0.4, -0.2) is 17.9 Å². The standard InChI is InChI=1S/C17H24N2O2/c1-2-3-12-4-6-14(7-5-12)17(21)19-15-10-8-13(9-11-15)16(18)20/h4-7,13,15H,2-3,8-11H2,1H3,(H2,18,20)(H,19,21). The molecule has 1 aromatic rings. The molecule has 0 heterocycles. The summed E-state index contributed by atoms with van der Waals surface area (Å²) in [5.74, 6) is -0.265. The van der Waals surface area contributed by atoms with E-state index in [1.165, 1.54) is 5.56 Å². The number of carbonyl (C=O) groups excluding carboxylic acids is 2. The average molecular weight is 288 g/mol. The van der Waals surface area contributed by atoms with Crippen molar-refractivity contribution in [1.82, 2.24) is 5.32 Å². The zero-order valence-electron chi connectivity index (χ0n) is 12.6. The molecule has 3 N–H and O–H groups in total. The van der Waals surface area contributed by atoms with Crippen molar-refractivity contribution in [3.05, 3.63) is 35.4 Å². The van der Waals surface area contributed by atoms with E-state index >= 15 is 0 Å². The van der Waals surface area contributed by atoms with Crippen LogP contribution >= 0.6 is 0 Å². The van der Waals surface area contributed by atoms with Crippen LogP contribution in [-0.2, 0) is 11.2 Å². The highest BCUT2D eigenvalue weighted by Crippen LogP contribution is 2.24. The monoisotopic (exact) mass is 288 g/mol. The Kier molecular flexibility index (Phi) is 5.37. The molecule has 1 saturated carbocycles. The molecule has 0 unspecified atom stereocenters. The van der Waals surface area contributed by atoms with Crippen LogP contribution in [0.4, 0.5) is 0 Å². The van der Waals surface area contributed by atoms with Crippen LogP contribution in [0.1, 0.15) is 54.9 Å². The molecule has 2 rings (SSSR count). The van der Waals surface area contributed by atoms with Crippen molar-refractivity contribution in [3.8, 4) is 0 Å². The third kappa shape index (κ3) is 4.31. The first kappa shape index (κ1) is 15.5. The van der Waals surface area contributed by atoms with E-state index in [0.29, 0.717) is 5.56 Å². The first-order chi connectivity index (χ1) is 10.1. The lowest BCUT2D eigenvalue weighted by Gasteiger charge is -2.27. The molecule has 1 aliphatic rings. The Morgan fingerprint density at radius 1 is 1.14 bits per heavy atom. The number of nitrogens with one attached hydrogen (secondary N) is 1. The van der Waals surface area contributed by atoms with Gasteiger partial charge in [0.2, 0.25) is 5.91 Å². The van der Waals surface area contributed by atoms with Gasteiger partial charge in [0.05, 0.1) is 0 Å². The second kappa shape index (κ2) is 7.25. The molecule has 0 radical (unpaired) electrons. The van der Waals surface area contributed by atoms with Gasteiger partial charge >= 0.3 is 0 Å². The number of amides is 2. The number of primary amides is 1. The Balaban J connectivity index is 1.86. The van der Waals surface area contributed by atoms with E-state index in [4.69, 9.17) is 5.73 Å². The smallest absolute Gasteiger partial charge is 0.251 e. The van der Waals surface area contributed by atoms with E-state index in [9.17, 15) is 9.59 Å². The van der Waals surface area contributed by atoms with Crippen molar-refractivity contribution in [2.45, 2.75) is 51.5 Å². The van der Waals surface area contributed by atoms with Gasteiger partial charge in [0.25, 0.3) is 5.91 Å². The highest BCUT2D eigenvalue weighted by Gasteiger charge is 2.25. The van der Waals surface area contributed by atoms with Gasteiger partial charge in [-0.15, -0.1) is 0 Å². The summed E-state index contributed by atoms with van der Waals surface area (Å²) in [7, 11) is 0. The maximum absolute atomic E-state index is 12.2. The second-order valence-corrected chi connectivity index (χ2v) is 5.87. The maximum Gasteiger partial charge on any atom is 0.251 e. The SMILES string of the molecule is CCCc1ccc(C(=O)NC2CCC(C(N)=O)CC2)cc1. The molecular weight excluding hydrogens is 264 g/mol. The first-order valence-corrected chi connectivity index (χ1v) is 7.79. The third-order valence-electron chi connectivity index (χ3n) is 4.22. The van der Waals surface area contributed by atoms with Gasteiger partial charge in [-0.25, -0.2) is 0 Å². The number of benzene rings is 1. The molecule has 1 aromatic carbocycles. The van der Waals surface area contributed by atoms with Gasteiger partial charge in [0.1, 0.15) is 0 Å². The fourth-order valence-corrected chi connectivity index (χ4v) is 2.90. The van der Waals surface area contributed by atoms with Gasteiger partial charge in [0, 0.05) is 17.5 Å². The minimum atomic E-state index is -0.216. The number of rotatable bonds is 5. The predicted molar refractivity (Wildman–Crippen MR) is 82.8 cm³/mol. The molecule has 0 aromatic heterocycles. The van der Waals surface area contributed by atoms with Crippen molar-refractivity contribution in [2.75, 3.05) is 0 Å². The lowest BCUT2D eigenvalue weighted by molar-refractivity contribution is -0.122. The lowest BCUT2D eigenvalue weighted by atomic mass is 9.85. The summed E-state index contributed by atoms with van der Waals surface area (Å²) in [6.07, 6.45) is 5.35. The lowest BCUT2D eigenvalue weighted by Crippen LogP contribution is -2.39. The number of hydrogen-bond acceptors (Lipinski definition) is 2. The summed E-state index contributed by atoms with van der Waals surface area (Å²) in [6, 6.07) is 7.96. The molecule has 0 atom stereocenters. The highest BCUT2D eigenvalue weighted by atomic mass is 16.2. The molecule has 0 bridgehead atoms. The quantitative estimate of drug-likeness (QED) is 0.873. The normalized spacial score (nSPS) is 21.8. The van der Waals surface area contributed by atoms with Gasteiger partial charge in [-0.1, -0.05) is 25.5 Å². The fourth-order valence-electron chi connectivity index (χ4n) is 2.90. The molecule has 1 fully saturated rings. The topological polar surface area (TPSA) is 72.2 Å². The van der Waals surface area contributed by atoms with E-state index in [2.05, 4.69) is 12.2 Å². The van der Waals surface area contributed by atoms with Crippen LogP contribution in [0.5, 0.6) is 0 Å². The van der Waals surface area contributed by atoms with E-state index < -0.39 is 0 Å². The summed E-state index contributed by atoms with van der Waals surface area (Å²) < 4.78 is 0. The minimum Gasteiger partial charge on any atom is -0.369 e. The van der Waals surface area contributed by atoms with Gasteiger partial charge in [-0.05, 0) is 49.8 Å². The van der Waals surface area contributed by atoms with Gasteiger partial charge in [-0.2, -0.15) is 0 Å². The summed E-state index contributed by atoms with van der Waals surface area (Å²) in [6.45, 7) is 2.14. The van der Waals surface area contributed by atoms with Crippen LogP contribution in [0.2, 0.25) is 0 Å². The predicted octanol–water partition coefficient (Wildman–Crippen LogP) is 2.41. The van der Waals surface area contributed by atoms with E-state index in [1.54, 1.807) is 0 Å². The molecule has 4 heteroatoms. The van der Waals surface area contributed by atoms with Crippen LogP contribution in [0.3, 0.4) is 0 Å². The first-order valence-electron chi connectivity index (χ1n) is 7.79. The van der Waals surface area contributed by atoms with Gasteiger partial charge in [0.15, 0.2) is 0 Å². The fraction of sp³-hybridized carbons (Fsp3) is 0.529.